The van der Waals surface area contributed by atoms with Gasteiger partial charge >= 0.3 is 0 Å². The SMILES string of the molecule is CN1CCCC1=NC(=S)Nc1ccc(Cl)cc1. The number of hydrogen-bond acceptors (Lipinski definition) is 1. The number of rotatable bonds is 1. The van der Waals surface area contributed by atoms with Crippen LogP contribution in [0.1, 0.15) is 12.8 Å². The molecule has 0 bridgehead atoms. The molecule has 1 N–H and O–H groups in total. The lowest BCUT2D eigenvalue weighted by Crippen LogP contribution is -2.21. The highest BCUT2D eigenvalue weighted by Gasteiger charge is 2.14. The summed E-state index contributed by atoms with van der Waals surface area (Å²) < 4.78 is 0. The van der Waals surface area contributed by atoms with Gasteiger partial charge in [-0.05, 0) is 42.9 Å². The lowest BCUT2D eigenvalue weighted by atomic mass is 10.3. The van der Waals surface area contributed by atoms with Crippen LogP contribution < -0.4 is 5.32 Å². The molecule has 17 heavy (non-hydrogen) atoms. The number of aliphatic imine (C=N–C) groups is 1. The summed E-state index contributed by atoms with van der Waals surface area (Å²) in [5.74, 6) is 1.05. The Hall–Kier alpha value is -1.13. The highest BCUT2D eigenvalue weighted by Crippen LogP contribution is 2.14. The number of likely N-dealkylation sites (tertiary alicyclic amines) is 1. The molecule has 1 aromatic rings. The predicted octanol–water partition coefficient (Wildman–Crippen LogP) is 3.16. The van der Waals surface area contributed by atoms with Crippen molar-refractivity contribution < 1.29 is 0 Å². The van der Waals surface area contributed by atoms with Crippen molar-refractivity contribution in [2.75, 3.05) is 18.9 Å². The Morgan fingerprint density at radius 1 is 1.41 bits per heavy atom. The molecule has 0 aromatic heterocycles. The van der Waals surface area contributed by atoms with Crippen LogP contribution in [-0.2, 0) is 0 Å². The number of anilines is 1. The van der Waals surface area contributed by atoms with Crippen LogP contribution in [0.2, 0.25) is 5.02 Å². The van der Waals surface area contributed by atoms with Crippen molar-refractivity contribution >= 4 is 40.5 Å². The molecule has 1 heterocycles. The first-order valence-electron chi connectivity index (χ1n) is 5.50. The van der Waals surface area contributed by atoms with Crippen molar-refractivity contribution in [3.8, 4) is 0 Å². The second kappa shape index (κ2) is 5.47. The van der Waals surface area contributed by atoms with Crippen molar-refractivity contribution in [3.05, 3.63) is 29.3 Å². The van der Waals surface area contributed by atoms with E-state index in [4.69, 9.17) is 23.8 Å². The summed E-state index contributed by atoms with van der Waals surface area (Å²) in [6.45, 7) is 1.06. The molecule has 0 radical (unpaired) electrons. The fraction of sp³-hybridized carbons (Fsp3) is 0.333. The van der Waals surface area contributed by atoms with E-state index in [1.165, 1.54) is 0 Å². The summed E-state index contributed by atoms with van der Waals surface area (Å²) in [5, 5.41) is 4.28. The number of hydrogen-bond donors (Lipinski definition) is 1. The van der Waals surface area contributed by atoms with Gasteiger partial charge in [0.05, 0.1) is 0 Å². The number of nitrogens with zero attached hydrogens (tertiary/aromatic N) is 2. The van der Waals surface area contributed by atoms with Crippen LogP contribution in [0.25, 0.3) is 0 Å². The van der Waals surface area contributed by atoms with Crippen molar-refractivity contribution in [2.45, 2.75) is 12.8 Å². The number of halogens is 1. The van der Waals surface area contributed by atoms with Crippen LogP contribution >= 0.6 is 23.8 Å². The smallest absolute Gasteiger partial charge is 0.198 e. The molecule has 0 aliphatic carbocycles. The van der Waals surface area contributed by atoms with Gasteiger partial charge in [-0.3, -0.25) is 0 Å². The average Bonchev–Trinajstić information content (AvgIpc) is 2.68. The largest absolute Gasteiger partial charge is 0.363 e. The zero-order valence-corrected chi connectivity index (χ0v) is 11.2. The Balaban J connectivity index is 2.00. The Morgan fingerprint density at radius 2 is 2.12 bits per heavy atom. The van der Waals surface area contributed by atoms with Gasteiger partial charge < -0.3 is 10.2 Å². The molecule has 1 saturated heterocycles. The first-order valence-corrected chi connectivity index (χ1v) is 6.29. The van der Waals surface area contributed by atoms with Gasteiger partial charge in [-0.2, -0.15) is 0 Å². The third-order valence-corrected chi connectivity index (χ3v) is 3.11. The zero-order chi connectivity index (χ0) is 12.3. The fourth-order valence-corrected chi connectivity index (χ4v) is 2.09. The molecule has 0 spiro atoms. The van der Waals surface area contributed by atoms with Crippen LogP contribution in [0.15, 0.2) is 29.3 Å². The molecule has 1 fully saturated rings. The third-order valence-electron chi connectivity index (χ3n) is 2.66. The molecule has 5 heteroatoms. The number of thiocarbonyl (C=S) groups is 1. The molecule has 3 nitrogen and oxygen atoms in total. The summed E-state index contributed by atoms with van der Waals surface area (Å²) in [6.07, 6.45) is 2.15. The number of amidine groups is 1. The fourth-order valence-electron chi connectivity index (χ4n) is 1.74. The molecule has 90 valence electrons. The lowest BCUT2D eigenvalue weighted by molar-refractivity contribution is 0.550. The summed E-state index contributed by atoms with van der Waals surface area (Å²) in [4.78, 5) is 6.54. The minimum Gasteiger partial charge on any atom is -0.363 e. The monoisotopic (exact) mass is 267 g/mol. The first-order chi connectivity index (χ1) is 8.15. The summed E-state index contributed by atoms with van der Waals surface area (Å²) in [6, 6.07) is 7.41. The zero-order valence-electron chi connectivity index (χ0n) is 9.61. The maximum atomic E-state index is 5.81. The molecule has 0 atom stereocenters. The normalized spacial score (nSPS) is 17.5. The minimum absolute atomic E-state index is 0.496. The maximum Gasteiger partial charge on any atom is 0.198 e. The van der Waals surface area contributed by atoms with Crippen molar-refractivity contribution in [1.29, 1.82) is 0 Å². The molecule has 1 aliphatic rings. The van der Waals surface area contributed by atoms with Gasteiger partial charge in [0, 0.05) is 30.7 Å². The molecule has 1 aliphatic heterocycles. The van der Waals surface area contributed by atoms with Gasteiger partial charge in [-0.25, -0.2) is 4.99 Å². The summed E-state index contributed by atoms with van der Waals surface area (Å²) in [5.41, 5.74) is 0.907. The van der Waals surface area contributed by atoms with E-state index in [2.05, 4.69) is 15.2 Å². The quantitative estimate of drug-likeness (QED) is 0.792. The Labute approximate surface area is 111 Å². The number of benzene rings is 1. The Morgan fingerprint density at radius 3 is 2.71 bits per heavy atom. The van der Waals surface area contributed by atoms with Crippen molar-refractivity contribution in [3.63, 3.8) is 0 Å². The average molecular weight is 268 g/mol. The molecular formula is C12H14ClN3S. The van der Waals surface area contributed by atoms with Gasteiger partial charge in [-0.1, -0.05) is 11.6 Å². The van der Waals surface area contributed by atoms with Crippen LogP contribution in [0.5, 0.6) is 0 Å². The van der Waals surface area contributed by atoms with Gasteiger partial charge in [0.15, 0.2) is 5.11 Å². The minimum atomic E-state index is 0.496. The highest BCUT2D eigenvalue weighted by atomic mass is 35.5. The van der Waals surface area contributed by atoms with E-state index < -0.39 is 0 Å². The molecule has 2 rings (SSSR count). The van der Waals surface area contributed by atoms with Crippen LogP contribution in [0, 0.1) is 0 Å². The lowest BCUT2D eigenvalue weighted by Gasteiger charge is -2.11. The van der Waals surface area contributed by atoms with E-state index in [0.29, 0.717) is 10.1 Å². The van der Waals surface area contributed by atoms with Crippen LogP contribution in [0.4, 0.5) is 5.69 Å². The van der Waals surface area contributed by atoms with E-state index >= 15 is 0 Å². The van der Waals surface area contributed by atoms with Gasteiger partial charge in [0.1, 0.15) is 5.84 Å². The number of nitrogens with one attached hydrogen (secondary N) is 1. The van der Waals surface area contributed by atoms with Gasteiger partial charge in [0.25, 0.3) is 0 Å². The van der Waals surface area contributed by atoms with Crippen LogP contribution in [0.3, 0.4) is 0 Å². The standard InChI is InChI=1S/C12H14ClN3S/c1-16-8-2-3-11(16)15-12(17)14-10-6-4-9(13)5-7-10/h4-7H,2-3,8H2,1H3,(H,14,17). The van der Waals surface area contributed by atoms with E-state index in [1.807, 2.05) is 31.3 Å². The summed E-state index contributed by atoms with van der Waals surface area (Å²) >= 11 is 11.0. The van der Waals surface area contributed by atoms with Crippen molar-refractivity contribution in [2.24, 2.45) is 4.99 Å². The Kier molecular flexibility index (Phi) is 3.97. The van der Waals surface area contributed by atoms with E-state index in [9.17, 15) is 0 Å². The molecule has 0 unspecified atom stereocenters. The van der Waals surface area contributed by atoms with Gasteiger partial charge in [0.2, 0.25) is 0 Å². The topological polar surface area (TPSA) is 27.6 Å². The van der Waals surface area contributed by atoms with E-state index in [-0.39, 0.29) is 0 Å². The molecule has 0 amide bonds. The highest BCUT2D eigenvalue weighted by molar-refractivity contribution is 7.80. The Bertz CT molecular complexity index is 442. The molecular weight excluding hydrogens is 254 g/mol. The second-order valence-electron chi connectivity index (χ2n) is 3.99. The molecule has 1 aromatic carbocycles. The van der Waals surface area contributed by atoms with Gasteiger partial charge in [-0.15, -0.1) is 0 Å². The first kappa shape index (κ1) is 12.3. The maximum absolute atomic E-state index is 5.81. The van der Waals surface area contributed by atoms with Crippen molar-refractivity contribution in [1.82, 2.24) is 4.90 Å². The van der Waals surface area contributed by atoms with E-state index in [0.717, 1.165) is 30.9 Å². The third kappa shape index (κ3) is 3.41. The second-order valence-corrected chi connectivity index (χ2v) is 4.81. The van der Waals surface area contributed by atoms with E-state index in [1.54, 1.807) is 0 Å². The molecule has 0 saturated carbocycles. The summed E-state index contributed by atoms with van der Waals surface area (Å²) in [7, 11) is 2.04. The predicted molar refractivity (Wildman–Crippen MR) is 77.0 cm³/mol. The van der Waals surface area contributed by atoms with Crippen LogP contribution in [-0.4, -0.2) is 29.4 Å².